The fraction of sp³-hybridized carbons (Fsp3) is 0.591. The highest BCUT2D eigenvalue weighted by molar-refractivity contribution is 14.0. The highest BCUT2D eigenvalue weighted by atomic mass is 127. The second kappa shape index (κ2) is 12.8. The van der Waals surface area contributed by atoms with Gasteiger partial charge in [0, 0.05) is 33.2 Å². The van der Waals surface area contributed by atoms with Crippen molar-refractivity contribution in [2.75, 3.05) is 39.8 Å². The normalized spacial score (nSPS) is 17.4. The Morgan fingerprint density at radius 3 is 2.65 bits per heavy atom. The summed E-state index contributed by atoms with van der Waals surface area (Å²) in [7, 11) is 1.80. The van der Waals surface area contributed by atoms with E-state index in [9.17, 15) is 4.79 Å². The third-order valence-electron chi connectivity index (χ3n) is 5.77. The van der Waals surface area contributed by atoms with E-state index >= 15 is 0 Å². The molecule has 0 spiro atoms. The van der Waals surface area contributed by atoms with Crippen molar-refractivity contribution in [1.29, 1.82) is 0 Å². The molecule has 1 aromatic carbocycles. The molecular formula is C22H36IN7O. The minimum absolute atomic E-state index is 0. The Balaban J connectivity index is 0.00000341. The zero-order valence-electron chi connectivity index (χ0n) is 18.6. The van der Waals surface area contributed by atoms with Gasteiger partial charge in [0.25, 0.3) is 0 Å². The molecule has 0 saturated carbocycles. The van der Waals surface area contributed by atoms with Crippen LogP contribution in [0, 0.1) is 12.8 Å². The minimum atomic E-state index is -0.165. The molecule has 1 saturated heterocycles. The van der Waals surface area contributed by atoms with Crippen molar-refractivity contribution in [2.45, 2.75) is 39.2 Å². The number of carbonyl (C=O) groups is 1. The number of fused-ring (bicyclic) bond motifs is 1. The highest BCUT2D eigenvalue weighted by Crippen LogP contribution is 2.16. The summed E-state index contributed by atoms with van der Waals surface area (Å²) < 4.78 is 2.27. The van der Waals surface area contributed by atoms with Crippen LogP contribution in [0.3, 0.4) is 0 Å². The number of hydrogen-bond acceptors (Lipinski definition) is 4. The average Bonchev–Trinajstić information content (AvgIpc) is 3.07. The summed E-state index contributed by atoms with van der Waals surface area (Å²) in [6, 6.07) is 8.26. The maximum Gasteiger partial charge on any atom is 0.221 e. The number of benzene rings is 1. The number of hydrogen-bond donors (Lipinski definition) is 3. The van der Waals surface area contributed by atoms with Crippen LogP contribution in [0.25, 0.3) is 11.0 Å². The second-order valence-corrected chi connectivity index (χ2v) is 7.97. The molecule has 1 amide bonds. The molecule has 1 aliphatic heterocycles. The van der Waals surface area contributed by atoms with E-state index in [4.69, 9.17) is 5.73 Å². The number of nitrogens with zero attached hydrogens (tertiary/aromatic N) is 4. The van der Waals surface area contributed by atoms with Crippen LogP contribution in [-0.4, -0.2) is 66.1 Å². The van der Waals surface area contributed by atoms with Gasteiger partial charge in [0.05, 0.1) is 17.0 Å². The zero-order valence-corrected chi connectivity index (χ0v) is 21.0. The number of guanidine groups is 1. The molecule has 1 aliphatic rings. The van der Waals surface area contributed by atoms with E-state index in [-0.39, 0.29) is 35.8 Å². The SMILES string of the molecule is CN=C(NCCCN1CCCC(C(N)=O)C1)NCCCn1c(C)nc2ccccc21.I. The van der Waals surface area contributed by atoms with E-state index in [0.29, 0.717) is 0 Å². The molecule has 1 fully saturated rings. The quantitative estimate of drug-likeness (QED) is 0.196. The lowest BCUT2D eigenvalue weighted by Crippen LogP contribution is -2.43. The van der Waals surface area contributed by atoms with E-state index in [2.05, 4.69) is 55.2 Å². The molecular weight excluding hydrogens is 505 g/mol. The van der Waals surface area contributed by atoms with Gasteiger partial charge in [-0.25, -0.2) is 4.98 Å². The van der Waals surface area contributed by atoms with Crippen molar-refractivity contribution < 1.29 is 4.79 Å². The van der Waals surface area contributed by atoms with Crippen LogP contribution in [0.2, 0.25) is 0 Å². The van der Waals surface area contributed by atoms with Gasteiger partial charge in [-0.3, -0.25) is 9.79 Å². The number of rotatable bonds is 9. The Labute approximate surface area is 202 Å². The molecule has 3 rings (SSSR count). The molecule has 2 heterocycles. The van der Waals surface area contributed by atoms with Crippen LogP contribution < -0.4 is 16.4 Å². The molecule has 0 radical (unpaired) electrons. The molecule has 1 unspecified atom stereocenters. The van der Waals surface area contributed by atoms with Gasteiger partial charge < -0.3 is 25.8 Å². The van der Waals surface area contributed by atoms with E-state index in [1.54, 1.807) is 7.05 Å². The smallest absolute Gasteiger partial charge is 0.221 e. The molecule has 9 heteroatoms. The molecule has 0 bridgehead atoms. The summed E-state index contributed by atoms with van der Waals surface area (Å²) in [5.74, 6) is 1.73. The molecule has 31 heavy (non-hydrogen) atoms. The number of amides is 1. The van der Waals surface area contributed by atoms with Gasteiger partial charge in [-0.15, -0.1) is 24.0 Å². The number of aromatic nitrogens is 2. The molecule has 8 nitrogen and oxygen atoms in total. The molecule has 2 aromatic rings. The number of imidazole rings is 1. The van der Waals surface area contributed by atoms with E-state index in [1.807, 2.05) is 6.07 Å². The average molecular weight is 541 g/mol. The first-order valence-electron chi connectivity index (χ1n) is 11.0. The highest BCUT2D eigenvalue weighted by Gasteiger charge is 2.23. The van der Waals surface area contributed by atoms with Gasteiger partial charge in [-0.2, -0.15) is 0 Å². The molecule has 1 atom stereocenters. The van der Waals surface area contributed by atoms with E-state index < -0.39 is 0 Å². The maximum absolute atomic E-state index is 11.4. The van der Waals surface area contributed by atoms with Gasteiger partial charge >= 0.3 is 0 Å². The topological polar surface area (TPSA) is 101 Å². The lowest BCUT2D eigenvalue weighted by atomic mass is 9.97. The number of primary amides is 1. The van der Waals surface area contributed by atoms with Crippen molar-refractivity contribution in [3.8, 4) is 0 Å². The minimum Gasteiger partial charge on any atom is -0.369 e. The number of halogens is 1. The van der Waals surface area contributed by atoms with Gasteiger partial charge in [0.1, 0.15) is 5.82 Å². The first-order valence-corrected chi connectivity index (χ1v) is 11.0. The summed E-state index contributed by atoms with van der Waals surface area (Å²) in [6.45, 7) is 7.50. The third kappa shape index (κ3) is 7.34. The number of aryl methyl sites for hydroxylation is 2. The summed E-state index contributed by atoms with van der Waals surface area (Å²) >= 11 is 0. The number of para-hydroxylation sites is 2. The maximum atomic E-state index is 11.4. The standard InChI is InChI=1S/C22H35N7O.HI/c1-17-27-19-9-3-4-10-20(19)29(17)15-7-12-26-22(24-2)25-11-6-14-28-13-5-8-18(16-28)21(23)30;/h3-4,9-10,18H,5-8,11-16H2,1-2H3,(H2,23,30)(H2,24,25,26);1H. The number of likely N-dealkylation sites (tertiary alicyclic amines) is 1. The second-order valence-electron chi connectivity index (χ2n) is 7.97. The fourth-order valence-electron chi connectivity index (χ4n) is 4.14. The zero-order chi connectivity index (χ0) is 21.3. The van der Waals surface area contributed by atoms with Gasteiger partial charge in [-0.05, 0) is 57.8 Å². The Morgan fingerprint density at radius 1 is 1.23 bits per heavy atom. The number of piperidine rings is 1. The summed E-state index contributed by atoms with van der Waals surface area (Å²) in [5, 5.41) is 6.77. The largest absolute Gasteiger partial charge is 0.369 e. The predicted molar refractivity (Wildman–Crippen MR) is 137 cm³/mol. The molecule has 4 N–H and O–H groups in total. The van der Waals surface area contributed by atoms with Crippen molar-refractivity contribution in [3.05, 3.63) is 30.1 Å². The third-order valence-corrected chi connectivity index (χ3v) is 5.77. The molecule has 172 valence electrons. The van der Waals surface area contributed by atoms with Crippen LogP contribution in [0.5, 0.6) is 0 Å². The van der Waals surface area contributed by atoms with Gasteiger partial charge in [-0.1, -0.05) is 12.1 Å². The van der Waals surface area contributed by atoms with Crippen molar-refractivity contribution in [1.82, 2.24) is 25.1 Å². The van der Waals surface area contributed by atoms with Gasteiger partial charge in [0.15, 0.2) is 5.96 Å². The summed E-state index contributed by atoms with van der Waals surface area (Å²) in [4.78, 5) is 22.7. The van der Waals surface area contributed by atoms with Crippen molar-refractivity contribution in [2.24, 2.45) is 16.6 Å². The van der Waals surface area contributed by atoms with Crippen LogP contribution in [-0.2, 0) is 11.3 Å². The van der Waals surface area contributed by atoms with E-state index in [1.165, 1.54) is 5.52 Å². The number of carbonyl (C=O) groups excluding carboxylic acids is 1. The Bertz CT molecular complexity index is 867. The molecule has 1 aromatic heterocycles. The van der Waals surface area contributed by atoms with Gasteiger partial charge in [0.2, 0.25) is 5.91 Å². The Morgan fingerprint density at radius 2 is 1.94 bits per heavy atom. The Kier molecular flexibility index (Phi) is 10.5. The summed E-state index contributed by atoms with van der Waals surface area (Å²) in [5.41, 5.74) is 7.70. The predicted octanol–water partition coefficient (Wildman–Crippen LogP) is 2.11. The van der Waals surface area contributed by atoms with Crippen molar-refractivity contribution in [3.63, 3.8) is 0 Å². The summed E-state index contributed by atoms with van der Waals surface area (Å²) in [6.07, 6.45) is 3.97. The number of aliphatic imine (C=N–C) groups is 1. The monoisotopic (exact) mass is 541 g/mol. The number of nitrogens with one attached hydrogen (secondary N) is 2. The van der Waals surface area contributed by atoms with Crippen LogP contribution >= 0.6 is 24.0 Å². The first-order chi connectivity index (χ1) is 14.6. The fourth-order valence-corrected chi connectivity index (χ4v) is 4.14. The molecule has 0 aliphatic carbocycles. The van der Waals surface area contributed by atoms with Crippen LogP contribution in [0.4, 0.5) is 0 Å². The van der Waals surface area contributed by atoms with Crippen molar-refractivity contribution >= 4 is 46.9 Å². The van der Waals surface area contributed by atoms with Crippen LogP contribution in [0.15, 0.2) is 29.3 Å². The number of nitrogens with two attached hydrogens (primary N) is 1. The lowest BCUT2D eigenvalue weighted by Gasteiger charge is -2.31. The Hall–Kier alpha value is -1.88. The van der Waals surface area contributed by atoms with E-state index in [0.717, 1.165) is 82.3 Å². The lowest BCUT2D eigenvalue weighted by molar-refractivity contribution is -0.123. The van der Waals surface area contributed by atoms with Crippen LogP contribution in [0.1, 0.15) is 31.5 Å². The first kappa shape index (κ1) is 25.4.